The van der Waals surface area contributed by atoms with Gasteiger partial charge in [0.2, 0.25) is 10.0 Å². The molecule has 1 heterocycles. The summed E-state index contributed by atoms with van der Waals surface area (Å²) >= 11 is 3.70. The molecule has 23 heavy (non-hydrogen) atoms. The molecule has 0 saturated carbocycles. The van der Waals surface area contributed by atoms with Gasteiger partial charge in [0.1, 0.15) is 0 Å². The van der Waals surface area contributed by atoms with Gasteiger partial charge in [-0.15, -0.1) is 0 Å². The molecule has 0 bridgehead atoms. The molecule has 0 aliphatic carbocycles. The Bertz CT molecular complexity index is 801. The van der Waals surface area contributed by atoms with Crippen molar-refractivity contribution in [1.29, 1.82) is 0 Å². The summed E-state index contributed by atoms with van der Waals surface area (Å²) in [5.41, 5.74) is 1.57. The number of hydrogen-bond acceptors (Lipinski definition) is 2. The van der Waals surface area contributed by atoms with Crippen molar-refractivity contribution in [3.05, 3.63) is 65.7 Å². The van der Waals surface area contributed by atoms with Gasteiger partial charge in [-0.1, -0.05) is 64.0 Å². The van der Waals surface area contributed by atoms with Crippen LogP contribution in [0, 0.1) is 6.92 Å². The molecule has 3 rings (SSSR count). The van der Waals surface area contributed by atoms with E-state index in [4.69, 9.17) is 0 Å². The van der Waals surface area contributed by atoms with Crippen LogP contribution in [0.4, 0.5) is 0 Å². The molecule has 0 radical (unpaired) electrons. The first-order valence-electron chi connectivity index (χ1n) is 7.56. The van der Waals surface area contributed by atoms with E-state index >= 15 is 0 Å². The van der Waals surface area contributed by atoms with Gasteiger partial charge in [0, 0.05) is 5.54 Å². The standard InChI is InChI=1S/C18H20BrNO2S/c1-13-9-11-15(12-10-13)23(21,22)20-16(17(19)18(20,2)3)14-7-5-4-6-8-14/h4-12,16-17H,1-3H3/t16-,17-/m0/s1. The summed E-state index contributed by atoms with van der Waals surface area (Å²) in [6.45, 7) is 5.86. The van der Waals surface area contributed by atoms with Crippen molar-refractivity contribution in [2.75, 3.05) is 0 Å². The Kier molecular flexibility index (Phi) is 4.15. The number of sulfonamides is 1. The summed E-state index contributed by atoms with van der Waals surface area (Å²) < 4.78 is 28.0. The third-order valence-electron chi connectivity index (χ3n) is 4.49. The van der Waals surface area contributed by atoms with E-state index in [1.54, 1.807) is 16.4 Å². The smallest absolute Gasteiger partial charge is 0.207 e. The lowest BCUT2D eigenvalue weighted by Crippen LogP contribution is -2.68. The van der Waals surface area contributed by atoms with Crippen LogP contribution in [-0.2, 0) is 10.0 Å². The van der Waals surface area contributed by atoms with E-state index in [0.717, 1.165) is 11.1 Å². The highest BCUT2D eigenvalue weighted by molar-refractivity contribution is 9.09. The highest BCUT2D eigenvalue weighted by atomic mass is 79.9. The zero-order chi connectivity index (χ0) is 16.8. The average molecular weight is 394 g/mol. The van der Waals surface area contributed by atoms with E-state index in [9.17, 15) is 8.42 Å². The highest BCUT2D eigenvalue weighted by Crippen LogP contribution is 2.53. The molecule has 122 valence electrons. The molecule has 1 aliphatic heterocycles. The average Bonchev–Trinajstić information content (AvgIpc) is 2.52. The molecule has 0 aromatic heterocycles. The van der Waals surface area contributed by atoms with Crippen molar-refractivity contribution >= 4 is 26.0 Å². The third-order valence-corrected chi connectivity index (χ3v) is 8.20. The van der Waals surface area contributed by atoms with E-state index < -0.39 is 15.6 Å². The van der Waals surface area contributed by atoms with Crippen molar-refractivity contribution in [2.24, 2.45) is 0 Å². The summed E-state index contributed by atoms with van der Waals surface area (Å²) in [5, 5.41) is 0. The Morgan fingerprint density at radius 1 is 1.00 bits per heavy atom. The molecule has 2 atom stereocenters. The minimum atomic E-state index is -3.55. The molecular weight excluding hydrogens is 374 g/mol. The SMILES string of the molecule is Cc1ccc(S(=O)(=O)N2[C@@H](c3ccccc3)[C@H](Br)C2(C)C)cc1. The van der Waals surface area contributed by atoms with Crippen LogP contribution in [0.5, 0.6) is 0 Å². The van der Waals surface area contributed by atoms with Crippen LogP contribution in [0.3, 0.4) is 0 Å². The molecule has 1 fully saturated rings. The number of hydrogen-bond donors (Lipinski definition) is 0. The Balaban J connectivity index is 2.06. The first kappa shape index (κ1) is 16.7. The lowest BCUT2D eigenvalue weighted by molar-refractivity contribution is 0.0501. The predicted molar refractivity (Wildman–Crippen MR) is 96.2 cm³/mol. The summed E-state index contributed by atoms with van der Waals surface area (Å²) in [6, 6.07) is 16.6. The van der Waals surface area contributed by atoms with E-state index in [1.165, 1.54) is 0 Å². The zero-order valence-corrected chi connectivity index (χ0v) is 15.8. The summed E-state index contributed by atoms with van der Waals surface area (Å²) in [6.07, 6.45) is 0. The Labute approximate surface area is 146 Å². The van der Waals surface area contributed by atoms with Gasteiger partial charge in [0.15, 0.2) is 0 Å². The van der Waals surface area contributed by atoms with Gasteiger partial charge in [0.05, 0.1) is 15.8 Å². The monoisotopic (exact) mass is 393 g/mol. The van der Waals surface area contributed by atoms with Gasteiger partial charge < -0.3 is 0 Å². The second-order valence-corrected chi connectivity index (χ2v) is 9.33. The molecule has 5 heteroatoms. The Hall–Kier alpha value is -1.17. The van der Waals surface area contributed by atoms with Crippen LogP contribution in [-0.4, -0.2) is 23.1 Å². The number of halogens is 1. The van der Waals surface area contributed by atoms with E-state index in [0.29, 0.717) is 4.90 Å². The lowest BCUT2D eigenvalue weighted by Gasteiger charge is -2.57. The van der Waals surface area contributed by atoms with Crippen LogP contribution in [0.2, 0.25) is 0 Å². The zero-order valence-electron chi connectivity index (χ0n) is 13.4. The van der Waals surface area contributed by atoms with Gasteiger partial charge in [0.25, 0.3) is 0 Å². The molecule has 0 unspecified atom stereocenters. The minimum Gasteiger partial charge on any atom is -0.207 e. The molecule has 0 spiro atoms. The molecule has 3 nitrogen and oxygen atoms in total. The summed E-state index contributed by atoms with van der Waals surface area (Å²) in [4.78, 5) is 0.411. The van der Waals surface area contributed by atoms with Gasteiger partial charge in [-0.2, -0.15) is 4.31 Å². The van der Waals surface area contributed by atoms with Crippen molar-refractivity contribution in [2.45, 2.75) is 42.1 Å². The maximum absolute atomic E-state index is 13.2. The quantitative estimate of drug-likeness (QED) is 0.729. The normalized spacial score (nSPS) is 24.2. The maximum Gasteiger partial charge on any atom is 0.244 e. The topological polar surface area (TPSA) is 37.4 Å². The van der Waals surface area contributed by atoms with Gasteiger partial charge in [-0.05, 0) is 38.5 Å². The van der Waals surface area contributed by atoms with E-state index in [2.05, 4.69) is 15.9 Å². The number of nitrogens with zero attached hydrogens (tertiary/aromatic N) is 1. The third kappa shape index (κ3) is 2.65. The minimum absolute atomic E-state index is 0.0672. The largest absolute Gasteiger partial charge is 0.244 e. The molecule has 2 aromatic rings. The molecule has 1 aliphatic rings. The Morgan fingerprint density at radius 2 is 1.57 bits per heavy atom. The van der Waals surface area contributed by atoms with Crippen LogP contribution in [0.15, 0.2) is 59.5 Å². The van der Waals surface area contributed by atoms with Crippen molar-refractivity contribution in [3.8, 4) is 0 Å². The second kappa shape index (κ2) is 5.72. The van der Waals surface area contributed by atoms with Crippen LogP contribution >= 0.6 is 15.9 Å². The summed E-state index contributed by atoms with van der Waals surface area (Å²) in [7, 11) is -3.55. The fourth-order valence-electron chi connectivity index (χ4n) is 3.14. The molecular formula is C18H20BrNO2S. The first-order chi connectivity index (χ1) is 10.8. The van der Waals surface area contributed by atoms with Crippen molar-refractivity contribution in [1.82, 2.24) is 4.31 Å². The van der Waals surface area contributed by atoms with Crippen molar-refractivity contribution in [3.63, 3.8) is 0 Å². The fourth-order valence-corrected chi connectivity index (χ4v) is 6.18. The number of rotatable bonds is 3. The number of alkyl halides is 1. The second-order valence-electron chi connectivity index (χ2n) is 6.52. The first-order valence-corrected chi connectivity index (χ1v) is 9.92. The van der Waals surface area contributed by atoms with E-state index in [-0.39, 0.29) is 10.9 Å². The fraction of sp³-hybridized carbons (Fsp3) is 0.333. The molecule has 2 aromatic carbocycles. The number of benzene rings is 2. The van der Waals surface area contributed by atoms with Crippen LogP contribution < -0.4 is 0 Å². The van der Waals surface area contributed by atoms with Crippen LogP contribution in [0.1, 0.15) is 31.0 Å². The predicted octanol–water partition coefficient (Wildman–Crippen LogP) is 4.28. The van der Waals surface area contributed by atoms with Gasteiger partial charge in [-0.3, -0.25) is 0 Å². The number of aryl methyl sites for hydroxylation is 1. The summed E-state index contributed by atoms with van der Waals surface area (Å²) in [5.74, 6) is 0. The Morgan fingerprint density at radius 3 is 2.13 bits per heavy atom. The molecule has 0 amide bonds. The highest BCUT2D eigenvalue weighted by Gasteiger charge is 2.59. The van der Waals surface area contributed by atoms with Crippen LogP contribution in [0.25, 0.3) is 0 Å². The van der Waals surface area contributed by atoms with Gasteiger partial charge in [-0.25, -0.2) is 8.42 Å². The van der Waals surface area contributed by atoms with Crippen molar-refractivity contribution < 1.29 is 8.42 Å². The van der Waals surface area contributed by atoms with E-state index in [1.807, 2.05) is 63.2 Å². The van der Waals surface area contributed by atoms with Gasteiger partial charge >= 0.3 is 0 Å². The molecule has 1 saturated heterocycles. The lowest BCUT2D eigenvalue weighted by atomic mass is 9.81. The maximum atomic E-state index is 13.2. The molecule has 0 N–H and O–H groups in total.